The zero-order valence-electron chi connectivity index (χ0n) is 10.6. The lowest BCUT2D eigenvalue weighted by Crippen LogP contribution is -2.61. The molecule has 2 aliphatic heterocycles. The summed E-state index contributed by atoms with van der Waals surface area (Å²) in [4.78, 5) is 14.7. The van der Waals surface area contributed by atoms with Crippen LogP contribution in [0.15, 0.2) is 30.3 Å². The number of benzene rings is 1. The molecule has 2 nitrogen and oxygen atoms in total. The Morgan fingerprint density at radius 2 is 2.00 bits per heavy atom. The topological polar surface area (TPSA) is 20.3 Å². The van der Waals surface area contributed by atoms with Crippen LogP contribution in [0.4, 0.5) is 0 Å². The van der Waals surface area contributed by atoms with Crippen LogP contribution in [-0.2, 0) is 4.79 Å². The van der Waals surface area contributed by atoms with Crippen molar-refractivity contribution in [2.75, 3.05) is 6.54 Å². The molecule has 1 aliphatic carbocycles. The van der Waals surface area contributed by atoms with E-state index in [1.807, 2.05) is 0 Å². The molecule has 0 aromatic heterocycles. The molecular formula is C16H19NO. The first-order chi connectivity index (χ1) is 8.79. The molecule has 0 spiro atoms. The molecule has 94 valence electrons. The summed E-state index contributed by atoms with van der Waals surface area (Å²) < 4.78 is 0. The van der Waals surface area contributed by atoms with Crippen LogP contribution in [0, 0.1) is 5.92 Å². The molecule has 1 saturated carbocycles. The zero-order valence-corrected chi connectivity index (χ0v) is 10.6. The van der Waals surface area contributed by atoms with Gasteiger partial charge in [-0.2, -0.15) is 0 Å². The maximum absolute atomic E-state index is 12.3. The summed E-state index contributed by atoms with van der Waals surface area (Å²) >= 11 is 0. The van der Waals surface area contributed by atoms with Gasteiger partial charge in [-0.05, 0) is 24.3 Å². The number of carbonyl (C=O) groups is 1. The maximum atomic E-state index is 12.3. The molecule has 1 aromatic rings. The van der Waals surface area contributed by atoms with Crippen LogP contribution in [-0.4, -0.2) is 22.8 Å². The van der Waals surface area contributed by atoms with Crippen LogP contribution in [0.1, 0.15) is 43.7 Å². The van der Waals surface area contributed by atoms with Crippen molar-refractivity contribution in [2.24, 2.45) is 5.92 Å². The summed E-state index contributed by atoms with van der Waals surface area (Å²) in [6.07, 6.45) is 5.66. The third-order valence-corrected chi connectivity index (χ3v) is 5.06. The second-order valence-corrected chi connectivity index (χ2v) is 6.18. The molecule has 2 heterocycles. The van der Waals surface area contributed by atoms with Gasteiger partial charge in [-0.25, -0.2) is 0 Å². The normalized spacial score (nSPS) is 35.3. The molecule has 0 radical (unpaired) electrons. The van der Waals surface area contributed by atoms with E-state index in [0.29, 0.717) is 11.8 Å². The van der Waals surface area contributed by atoms with Gasteiger partial charge in [-0.3, -0.25) is 9.69 Å². The standard InChI is InChI=1S/C16H19NO/c18-15-8-9-17-14(13-4-2-1-3-5-13)11-16(15,17)10-12-6-7-12/h1-5,12,14H,6-11H2. The third-order valence-electron chi connectivity index (χ3n) is 5.06. The smallest absolute Gasteiger partial charge is 0.154 e. The number of nitrogens with zero attached hydrogens (tertiary/aromatic N) is 1. The lowest BCUT2D eigenvalue weighted by atomic mass is 9.72. The van der Waals surface area contributed by atoms with Gasteiger partial charge in [0, 0.05) is 19.0 Å². The first-order valence-electron chi connectivity index (χ1n) is 7.15. The lowest BCUT2D eigenvalue weighted by Gasteiger charge is -2.54. The average Bonchev–Trinajstić information content (AvgIpc) is 3.14. The Bertz CT molecular complexity index is 479. The van der Waals surface area contributed by atoms with Gasteiger partial charge in [0.05, 0.1) is 5.54 Å². The number of rotatable bonds is 3. The van der Waals surface area contributed by atoms with Gasteiger partial charge >= 0.3 is 0 Å². The van der Waals surface area contributed by atoms with E-state index < -0.39 is 0 Å². The SMILES string of the molecule is O=C1CCN2C(c3ccccc3)CC12CC1CC1. The van der Waals surface area contributed by atoms with E-state index in [2.05, 4.69) is 35.2 Å². The van der Waals surface area contributed by atoms with Gasteiger partial charge in [0.2, 0.25) is 0 Å². The minimum atomic E-state index is -0.0539. The average molecular weight is 241 g/mol. The van der Waals surface area contributed by atoms with Crippen LogP contribution >= 0.6 is 0 Å². The fraction of sp³-hybridized carbons (Fsp3) is 0.562. The van der Waals surface area contributed by atoms with Crippen molar-refractivity contribution in [2.45, 2.75) is 43.7 Å². The number of ketones is 1. The number of hydrogen-bond donors (Lipinski definition) is 0. The molecule has 0 amide bonds. The Labute approximate surface area is 108 Å². The number of Topliss-reactive ketones (excluding diaryl/α,β-unsaturated/α-hetero) is 1. The van der Waals surface area contributed by atoms with Crippen molar-refractivity contribution in [1.82, 2.24) is 4.90 Å². The highest BCUT2D eigenvalue weighted by molar-refractivity contribution is 5.92. The Morgan fingerprint density at radius 3 is 2.72 bits per heavy atom. The third kappa shape index (κ3) is 1.42. The van der Waals surface area contributed by atoms with E-state index in [0.717, 1.165) is 31.7 Å². The van der Waals surface area contributed by atoms with E-state index in [4.69, 9.17) is 0 Å². The molecule has 1 aromatic carbocycles. The molecule has 2 atom stereocenters. The number of carbonyl (C=O) groups excluding carboxylic acids is 1. The molecule has 0 N–H and O–H groups in total. The quantitative estimate of drug-likeness (QED) is 0.811. The van der Waals surface area contributed by atoms with Crippen LogP contribution < -0.4 is 0 Å². The molecule has 18 heavy (non-hydrogen) atoms. The molecular weight excluding hydrogens is 222 g/mol. The summed E-state index contributed by atoms with van der Waals surface area (Å²) in [6.45, 7) is 0.977. The van der Waals surface area contributed by atoms with Gasteiger partial charge in [0.15, 0.2) is 5.78 Å². The Morgan fingerprint density at radius 1 is 1.22 bits per heavy atom. The molecule has 4 rings (SSSR count). The summed E-state index contributed by atoms with van der Waals surface area (Å²) in [5, 5.41) is 0. The Hall–Kier alpha value is -1.15. The second kappa shape index (κ2) is 3.67. The van der Waals surface area contributed by atoms with Crippen LogP contribution in [0.5, 0.6) is 0 Å². The minimum absolute atomic E-state index is 0.0539. The maximum Gasteiger partial charge on any atom is 0.154 e. The van der Waals surface area contributed by atoms with Crippen molar-refractivity contribution >= 4 is 5.78 Å². The monoisotopic (exact) mass is 241 g/mol. The predicted molar refractivity (Wildman–Crippen MR) is 70.2 cm³/mol. The van der Waals surface area contributed by atoms with Gasteiger partial charge in [-0.1, -0.05) is 43.2 Å². The van der Waals surface area contributed by atoms with E-state index in [1.165, 1.54) is 18.4 Å². The predicted octanol–water partition coefficient (Wildman–Crippen LogP) is 2.95. The molecule has 2 unspecified atom stereocenters. The van der Waals surface area contributed by atoms with Crippen LogP contribution in [0.3, 0.4) is 0 Å². The van der Waals surface area contributed by atoms with Crippen molar-refractivity contribution < 1.29 is 4.79 Å². The molecule has 2 heteroatoms. The first-order valence-corrected chi connectivity index (χ1v) is 7.15. The van der Waals surface area contributed by atoms with E-state index >= 15 is 0 Å². The largest absolute Gasteiger partial charge is 0.298 e. The fourth-order valence-electron chi connectivity index (χ4n) is 3.92. The van der Waals surface area contributed by atoms with Gasteiger partial charge < -0.3 is 0 Å². The summed E-state index contributed by atoms with van der Waals surface area (Å²) in [5.41, 5.74) is 1.33. The highest BCUT2D eigenvalue weighted by Gasteiger charge is 2.60. The van der Waals surface area contributed by atoms with Crippen molar-refractivity contribution in [3.8, 4) is 0 Å². The summed E-state index contributed by atoms with van der Waals surface area (Å²) in [5.74, 6) is 1.35. The van der Waals surface area contributed by atoms with Gasteiger partial charge in [0.1, 0.15) is 0 Å². The summed E-state index contributed by atoms with van der Waals surface area (Å²) in [6, 6.07) is 11.2. The van der Waals surface area contributed by atoms with Crippen LogP contribution in [0.25, 0.3) is 0 Å². The lowest BCUT2D eigenvalue weighted by molar-refractivity contribution is -0.138. The number of fused-ring (bicyclic) bond motifs is 1. The molecule has 3 aliphatic rings. The fourth-order valence-corrected chi connectivity index (χ4v) is 3.92. The first kappa shape index (κ1) is 10.7. The van der Waals surface area contributed by atoms with E-state index in [-0.39, 0.29) is 5.54 Å². The molecule has 0 bridgehead atoms. The van der Waals surface area contributed by atoms with Crippen molar-refractivity contribution in [3.63, 3.8) is 0 Å². The Kier molecular flexibility index (Phi) is 2.19. The van der Waals surface area contributed by atoms with E-state index in [1.54, 1.807) is 0 Å². The second-order valence-electron chi connectivity index (χ2n) is 6.18. The van der Waals surface area contributed by atoms with Crippen LogP contribution in [0.2, 0.25) is 0 Å². The van der Waals surface area contributed by atoms with E-state index in [9.17, 15) is 4.79 Å². The number of hydrogen-bond acceptors (Lipinski definition) is 2. The zero-order chi connectivity index (χ0) is 12.2. The molecule has 3 fully saturated rings. The minimum Gasteiger partial charge on any atom is -0.298 e. The molecule has 2 saturated heterocycles. The summed E-state index contributed by atoms with van der Waals surface area (Å²) in [7, 11) is 0. The highest BCUT2D eigenvalue weighted by atomic mass is 16.1. The van der Waals surface area contributed by atoms with Gasteiger partial charge in [0.25, 0.3) is 0 Å². The van der Waals surface area contributed by atoms with Crippen molar-refractivity contribution in [3.05, 3.63) is 35.9 Å². The Balaban J connectivity index is 1.60. The van der Waals surface area contributed by atoms with Crippen molar-refractivity contribution in [1.29, 1.82) is 0 Å². The van der Waals surface area contributed by atoms with Gasteiger partial charge in [-0.15, -0.1) is 0 Å². The highest BCUT2D eigenvalue weighted by Crippen LogP contribution is 2.56.